The third kappa shape index (κ3) is 3.70. The summed E-state index contributed by atoms with van der Waals surface area (Å²) in [4.78, 5) is 12.1. The standard InChI is InChI=1S/C15H18N5/c1-5-6-13-11-14(7-8-15(13)19-16)20(10-9-17-3)12(2)18-4/h7-8,11-12H,5-6,9-10H2,1-2H3/q+1. The monoisotopic (exact) mass is 268 g/mol. The van der Waals surface area contributed by atoms with Crippen LogP contribution in [0.3, 0.4) is 0 Å². The molecular formula is C15H18N5+. The highest BCUT2D eigenvalue weighted by Crippen LogP contribution is 2.28. The third-order valence-corrected chi connectivity index (χ3v) is 3.11. The van der Waals surface area contributed by atoms with Gasteiger partial charge in [-0.1, -0.05) is 13.3 Å². The van der Waals surface area contributed by atoms with Crippen molar-refractivity contribution >= 4 is 11.4 Å². The van der Waals surface area contributed by atoms with E-state index in [0.29, 0.717) is 18.8 Å². The predicted molar refractivity (Wildman–Crippen MR) is 80.1 cm³/mol. The molecule has 0 heterocycles. The molecule has 1 unspecified atom stereocenters. The number of aryl methyl sites for hydroxylation is 1. The number of rotatable bonds is 6. The molecule has 0 amide bonds. The van der Waals surface area contributed by atoms with Crippen LogP contribution in [0.5, 0.6) is 0 Å². The number of diazo groups is 1. The molecule has 0 aliphatic rings. The lowest BCUT2D eigenvalue weighted by Crippen LogP contribution is -2.32. The Kier molecular flexibility index (Phi) is 6.01. The van der Waals surface area contributed by atoms with Gasteiger partial charge in [-0.3, -0.25) is 9.74 Å². The first kappa shape index (κ1) is 15.5. The highest BCUT2D eigenvalue weighted by molar-refractivity contribution is 5.61. The second-order valence-corrected chi connectivity index (χ2v) is 4.50. The zero-order valence-electron chi connectivity index (χ0n) is 11.9. The molecule has 0 radical (unpaired) electrons. The highest BCUT2D eigenvalue weighted by Gasteiger charge is 2.22. The van der Waals surface area contributed by atoms with E-state index in [-0.39, 0.29) is 6.17 Å². The minimum absolute atomic E-state index is 0.317. The zero-order valence-corrected chi connectivity index (χ0v) is 11.9. The maximum atomic E-state index is 8.99. The Morgan fingerprint density at radius 3 is 2.65 bits per heavy atom. The van der Waals surface area contributed by atoms with E-state index in [4.69, 9.17) is 18.5 Å². The summed E-state index contributed by atoms with van der Waals surface area (Å²) in [7, 11) is 0. The van der Waals surface area contributed by atoms with E-state index in [1.165, 1.54) is 0 Å². The fourth-order valence-electron chi connectivity index (χ4n) is 2.08. The normalized spacial score (nSPS) is 10.9. The van der Waals surface area contributed by atoms with Crippen LogP contribution >= 0.6 is 0 Å². The summed E-state index contributed by atoms with van der Waals surface area (Å²) in [6.07, 6.45) is 1.45. The van der Waals surface area contributed by atoms with Crippen molar-refractivity contribution in [2.45, 2.75) is 32.9 Å². The Hall–Kier alpha value is -2.58. The molecule has 0 saturated carbocycles. The maximum Gasteiger partial charge on any atom is 0.388 e. The molecular weight excluding hydrogens is 250 g/mol. The van der Waals surface area contributed by atoms with Gasteiger partial charge in [-0.05, 0) is 18.6 Å². The summed E-state index contributed by atoms with van der Waals surface area (Å²) < 4.78 is 0. The summed E-state index contributed by atoms with van der Waals surface area (Å²) in [6, 6.07) is 5.53. The Morgan fingerprint density at radius 1 is 1.35 bits per heavy atom. The van der Waals surface area contributed by atoms with E-state index in [1.54, 1.807) is 6.07 Å². The molecule has 1 rings (SSSR count). The average Bonchev–Trinajstić information content (AvgIpc) is 2.48. The van der Waals surface area contributed by atoms with Gasteiger partial charge < -0.3 is 4.85 Å². The summed E-state index contributed by atoms with van der Waals surface area (Å²) >= 11 is 0. The van der Waals surface area contributed by atoms with Crippen molar-refractivity contribution in [3.8, 4) is 0 Å². The van der Waals surface area contributed by atoms with Crippen LogP contribution in [0.25, 0.3) is 14.7 Å². The molecule has 5 nitrogen and oxygen atoms in total. The number of anilines is 1. The lowest BCUT2D eigenvalue weighted by Gasteiger charge is -2.21. The van der Waals surface area contributed by atoms with Crippen LogP contribution < -0.4 is 4.90 Å². The van der Waals surface area contributed by atoms with Gasteiger partial charge in [0.05, 0.1) is 6.54 Å². The molecule has 0 fully saturated rings. The molecule has 1 atom stereocenters. The first-order chi connectivity index (χ1) is 9.67. The van der Waals surface area contributed by atoms with Crippen LogP contribution in [-0.4, -0.2) is 19.3 Å². The Labute approximate surface area is 120 Å². The van der Waals surface area contributed by atoms with Gasteiger partial charge >= 0.3 is 5.69 Å². The van der Waals surface area contributed by atoms with Gasteiger partial charge in [0.1, 0.15) is 0 Å². The van der Waals surface area contributed by atoms with E-state index in [1.807, 2.05) is 24.0 Å². The summed E-state index contributed by atoms with van der Waals surface area (Å²) in [6.45, 7) is 18.8. The summed E-state index contributed by atoms with van der Waals surface area (Å²) in [5, 5.41) is 8.99. The molecule has 0 aliphatic carbocycles. The molecule has 1 aromatic rings. The van der Waals surface area contributed by atoms with E-state index in [2.05, 4.69) is 21.6 Å². The molecule has 0 N–H and O–H groups in total. The summed E-state index contributed by atoms with van der Waals surface area (Å²) in [5.41, 5.74) is 2.42. The van der Waals surface area contributed by atoms with E-state index >= 15 is 0 Å². The average molecular weight is 268 g/mol. The van der Waals surface area contributed by atoms with Gasteiger partial charge in [0.15, 0.2) is 4.98 Å². The molecule has 0 saturated heterocycles. The molecule has 5 heteroatoms. The lowest BCUT2D eigenvalue weighted by molar-refractivity contribution is 0.745. The molecule has 102 valence electrons. The quantitative estimate of drug-likeness (QED) is 0.575. The van der Waals surface area contributed by atoms with Crippen molar-refractivity contribution in [1.82, 2.24) is 0 Å². The van der Waals surface area contributed by atoms with E-state index < -0.39 is 0 Å². The van der Waals surface area contributed by atoms with Crippen LogP contribution in [0, 0.1) is 18.5 Å². The lowest BCUT2D eigenvalue weighted by atomic mass is 10.1. The molecule has 0 aliphatic heterocycles. The van der Waals surface area contributed by atoms with Crippen LogP contribution in [0.2, 0.25) is 0 Å². The van der Waals surface area contributed by atoms with Gasteiger partial charge in [0.2, 0.25) is 11.9 Å². The van der Waals surface area contributed by atoms with Crippen LogP contribution in [0.4, 0.5) is 11.4 Å². The first-order valence-corrected chi connectivity index (χ1v) is 6.62. The van der Waals surface area contributed by atoms with Crippen LogP contribution in [0.1, 0.15) is 25.8 Å². The molecule has 0 bridgehead atoms. The van der Waals surface area contributed by atoms with Crippen LogP contribution in [0.15, 0.2) is 18.2 Å². The SMILES string of the molecule is [C-]#[N+]CCN(c1ccc([N+]#N)c(CCC)c1)C(C)[N+]#[C-]. The van der Waals surface area contributed by atoms with E-state index in [9.17, 15) is 0 Å². The van der Waals surface area contributed by atoms with Crippen molar-refractivity contribution < 1.29 is 0 Å². The summed E-state index contributed by atoms with van der Waals surface area (Å²) in [5.74, 6) is 0. The Bertz CT molecular complexity index is 573. The van der Waals surface area contributed by atoms with Crippen molar-refractivity contribution in [1.29, 1.82) is 5.39 Å². The number of benzene rings is 1. The van der Waals surface area contributed by atoms with Crippen molar-refractivity contribution in [3.63, 3.8) is 0 Å². The Morgan fingerprint density at radius 2 is 2.10 bits per heavy atom. The third-order valence-electron chi connectivity index (χ3n) is 3.11. The number of hydrogen-bond donors (Lipinski definition) is 0. The van der Waals surface area contributed by atoms with Gasteiger partial charge in [0.25, 0.3) is 6.17 Å². The predicted octanol–water partition coefficient (Wildman–Crippen LogP) is 4.11. The second-order valence-electron chi connectivity index (χ2n) is 4.50. The molecule has 0 aromatic heterocycles. The topological polar surface area (TPSA) is 40.1 Å². The van der Waals surface area contributed by atoms with Crippen molar-refractivity contribution in [2.24, 2.45) is 0 Å². The number of nitrogens with zero attached hydrogens (tertiary/aromatic N) is 5. The minimum atomic E-state index is -0.317. The van der Waals surface area contributed by atoms with Crippen LogP contribution in [-0.2, 0) is 6.42 Å². The second kappa shape index (κ2) is 7.77. The van der Waals surface area contributed by atoms with Gasteiger partial charge in [-0.2, -0.15) is 0 Å². The molecule has 20 heavy (non-hydrogen) atoms. The van der Waals surface area contributed by atoms with Crippen molar-refractivity contribution in [2.75, 3.05) is 18.0 Å². The van der Waals surface area contributed by atoms with E-state index in [0.717, 1.165) is 24.1 Å². The minimum Gasteiger partial charge on any atom is -0.315 e. The maximum absolute atomic E-state index is 8.99. The fourth-order valence-corrected chi connectivity index (χ4v) is 2.08. The smallest absolute Gasteiger partial charge is 0.315 e. The number of hydrogen-bond acceptors (Lipinski definition) is 2. The fraction of sp³-hybridized carbons (Fsp3) is 0.467. The van der Waals surface area contributed by atoms with Gasteiger partial charge in [-0.15, -0.1) is 0 Å². The zero-order chi connectivity index (χ0) is 15.0. The Balaban J connectivity index is 3.14. The van der Waals surface area contributed by atoms with Crippen molar-refractivity contribution in [3.05, 3.63) is 51.6 Å². The highest BCUT2D eigenvalue weighted by atomic mass is 15.2. The largest absolute Gasteiger partial charge is 0.388 e. The van der Waals surface area contributed by atoms with Gasteiger partial charge in [0, 0.05) is 24.2 Å². The first-order valence-electron chi connectivity index (χ1n) is 6.62. The van der Waals surface area contributed by atoms with Gasteiger partial charge in [-0.25, -0.2) is 13.1 Å². The molecule has 0 spiro atoms. The molecule has 1 aromatic carbocycles.